The van der Waals surface area contributed by atoms with Gasteiger partial charge in [0.15, 0.2) is 0 Å². The molecule has 1 N–H and O–H groups in total. The fourth-order valence-electron chi connectivity index (χ4n) is 1.98. The summed E-state index contributed by atoms with van der Waals surface area (Å²) in [5.74, 6) is 0. The van der Waals surface area contributed by atoms with Gasteiger partial charge in [-0.05, 0) is 80.6 Å². The highest BCUT2D eigenvalue weighted by atomic mass is 79.9. The molecule has 1 nitrogen and oxygen atoms in total. The maximum atomic E-state index is 6.09. The molecule has 0 heterocycles. The van der Waals surface area contributed by atoms with Gasteiger partial charge in [0, 0.05) is 15.5 Å². The number of rotatable bonds is 3. The van der Waals surface area contributed by atoms with E-state index in [2.05, 4.69) is 69.2 Å². The Bertz CT molecular complexity index is 588. The Balaban J connectivity index is 2.16. The lowest BCUT2D eigenvalue weighted by Crippen LogP contribution is -2.02. The highest BCUT2D eigenvalue weighted by molar-refractivity contribution is 9.11. The van der Waals surface area contributed by atoms with Gasteiger partial charge in [-0.15, -0.1) is 0 Å². The molecule has 0 unspecified atom stereocenters. The van der Waals surface area contributed by atoms with Crippen molar-refractivity contribution in [3.05, 3.63) is 61.0 Å². The van der Waals surface area contributed by atoms with Crippen molar-refractivity contribution in [3.63, 3.8) is 0 Å². The second-order valence-corrected chi connectivity index (χ2v) is 6.66. The summed E-state index contributed by atoms with van der Waals surface area (Å²) in [4.78, 5) is 0. The number of hydrogen-bond donors (Lipinski definition) is 1. The topological polar surface area (TPSA) is 12.0 Å². The Kier molecular flexibility index (Phi) is 4.93. The van der Waals surface area contributed by atoms with Crippen LogP contribution in [0.4, 0.5) is 5.69 Å². The monoisotopic (exact) mass is 401 g/mol. The molecular formula is C15H14Br2ClN. The largest absolute Gasteiger partial charge is 0.380 e. The second kappa shape index (κ2) is 6.29. The summed E-state index contributed by atoms with van der Waals surface area (Å²) in [6.45, 7) is 4.94. The van der Waals surface area contributed by atoms with Gasteiger partial charge in [-0.25, -0.2) is 0 Å². The molecule has 2 rings (SSSR count). The number of anilines is 1. The van der Waals surface area contributed by atoms with E-state index < -0.39 is 0 Å². The van der Waals surface area contributed by atoms with Crippen LogP contribution in [0, 0.1) is 13.8 Å². The Morgan fingerprint density at radius 2 is 1.79 bits per heavy atom. The molecular weight excluding hydrogens is 389 g/mol. The van der Waals surface area contributed by atoms with Crippen LogP contribution in [0.3, 0.4) is 0 Å². The van der Waals surface area contributed by atoms with Crippen LogP contribution in [0.1, 0.15) is 16.7 Å². The fourth-order valence-corrected chi connectivity index (χ4v) is 3.24. The average Bonchev–Trinajstić information content (AvgIpc) is 2.32. The van der Waals surface area contributed by atoms with Crippen LogP contribution in [0.25, 0.3) is 0 Å². The van der Waals surface area contributed by atoms with E-state index in [1.165, 1.54) is 11.1 Å². The first-order valence-electron chi connectivity index (χ1n) is 5.92. The highest BCUT2D eigenvalue weighted by Crippen LogP contribution is 2.29. The molecule has 0 aliphatic rings. The molecule has 0 spiro atoms. The second-order valence-electron chi connectivity index (χ2n) is 4.54. The molecule has 0 aliphatic carbocycles. The number of hydrogen-bond acceptors (Lipinski definition) is 1. The third-order valence-corrected chi connectivity index (χ3v) is 4.74. The first-order chi connectivity index (χ1) is 8.97. The van der Waals surface area contributed by atoms with Gasteiger partial charge in [0.1, 0.15) is 0 Å². The van der Waals surface area contributed by atoms with Gasteiger partial charge in [-0.3, -0.25) is 0 Å². The summed E-state index contributed by atoms with van der Waals surface area (Å²) < 4.78 is 2.01. The SMILES string of the molecule is Cc1cc(C)c(NCc2ccc(Br)c(Cl)c2)c(Br)c1. The van der Waals surface area contributed by atoms with E-state index in [0.29, 0.717) is 0 Å². The van der Waals surface area contributed by atoms with Crippen molar-refractivity contribution in [2.75, 3.05) is 5.32 Å². The highest BCUT2D eigenvalue weighted by Gasteiger charge is 2.05. The van der Waals surface area contributed by atoms with E-state index in [4.69, 9.17) is 11.6 Å². The Morgan fingerprint density at radius 1 is 1.05 bits per heavy atom. The summed E-state index contributed by atoms with van der Waals surface area (Å²) in [5.41, 5.74) is 4.77. The molecule has 19 heavy (non-hydrogen) atoms. The maximum absolute atomic E-state index is 6.09. The molecule has 0 amide bonds. The van der Waals surface area contributed by atoms with Gasteiger partial charge in [0.05, 0.1) is 10.7 Å². The summed E-state index contributed by atoms with van der Waals surface area (Å²) >= 11 is 13.1. The van der Waals surface area contributed by atoms with E-state index in [-0.39, 0.29) is 0 Å². The molecule has 0 saturated carbocycles. The van der Waals surface area contributed by atoms with Crippen molar-refractivity contribution in [3.8, 4) is 0 Å². The number of benzene rings is 2. The van der Waals surface area contributed by atoms with Gasteiger partial charge in [0.2, 0.25) is 0 Å². The number of halogens is 3. The molecule has 0 atom stereocenters. The maximum Gasteiger partial charge on any atom is 0.0551 e. The standard InChI is InChI=1S/C15H14Br2ClN/c1-9-5-10(2)15(13(17)6-9)19-8-11-3-4-12(16)14(18)7-11/h3-7,19H,8H2,1-2H3. The predicted molar refractivity (Wildman–Crippen MR) is 90.1 cm³/mol. The molecule has 0 saturated heterocycles. The molecule has 2 aromatic rings. The van der Waals surface area contributed by atoms with Gasteiger partial charge in [-0.2, -0.15) is 0 Å². The predicted octanol–water partition coefficient (Wildman–Crippen LogP) is 6.09. The Hall–Kier alpha value is -0.510. The van der Waals surface area contributed by atoms with Crippen LogP contribution in [-0.2, 0) is 6.54 Å². The molecule has 0 aliphatic heterocycles. The van der Waals surface area contributed by atoms with Crippen molar-refractivity contribution in [2.45, 2.75) is 20.4 Å². The van der Waals surface area contributed by atoms with E-state index in [1.807, 2.05) is 12.1 Å². The van der Waals surface area contributed by atoms with Crippen LogP contribution < -0.4 is 5.32 Å². The fraction of sp³-hybridized carbons (Fsp3) is 0.200. The van der Waals surface area contributed by atoms with E-state index in [1.54, 1.807) is 0 Å². The lowest BCUT2D eigenvalue weighted by molar-refractivity contribution is 1.13. The van der Waals surface area contributed by atoms with Crippen LogP contribution in [0.5, 0.6) is 0 Å². The normalized spacial score (nSPS) is 10.6. The zero-order valence-corrected chi connectivity index (χ0v) is 14.7. The minimum absolute atomic E-state index is 0.735. The molecule has 2 aromatic carbocycles. The van der Waals surface area contributed by atoms with E-state index >= 15 is 0 Å². The summed E-state index contributed by atoms with van der Waals surface area (Å²) in [6.07, 6.45) is 0. The summed E-state index contributed by atoms with van der Waals surface area (Å²) in [7, 11) is 0. The van der Waals surface area contributed by atoms with Crippen LogP contribution in [0.2, 0.25) is 5.02 Å². The molecule has 0 radical (unpaired) electrons. The van der Waals surface area contributed by atoms with Crippen LogP contribution in [0.15, 0.2) is 39.3 Å². The smallest absolute Gasteiger partial charge is 0.0551 e. The molecule has 0 bridgehead atoms. The first kappa shape index (κ1) is 14.9. The summed E-state index contributed by atoms with van der Waals surface area (Å²) in [6, 6.07) is 10.3. The molecule has 4 heteroatoms. The van der Waals surface area contributed by atoms with Crippen molar-refractivity contribution in [1.82, 2.24) is 0 Å². The minimum Gasteiger partial charge on any atom is -0.380 e. The lowest BCUT2D eigenvalue weighted by Gasteiger charge is -2.13. The Morgan fingerprint density at radius 3 is 2.42 bits per heavy atom. The van der Waals surface area contributed by atoms with Crippen molar-refractivity contribution >= 4 is 49.1 Å². The summed E-state index contributed by atoms with van der Waals surface area (Å²) in [5, 5.41) is 4.19. The van der Waals surface area contributed by atoms with Crippen LogP contribution in [-0.4, -0.2) is 0 Å². The zero-order chi connectivity index (χ0) is 14.0. The molecule has 0 aromatic heterocycles. The zero-order valence-electron chi connectivity index (χ0n) is 10.7. The average molecular weight is 404 g/mol. The molecule has 0 fully saturated rings. The Labute approximate surface area is 135 Å². The van der Waals surface area contributed by atoms with Crippen molar-refractivity contribution in [1.29, 1.82) is 0 Å². The van der Waals surface area contributed by atoms with E-state index in [0.717, 1.165) is 31.8 Å². The van der Waals surface area contributed by atoms with Gasteiger partial charge < -0.3 is 5.32 Å². The molecule has 100 valence electrons. The van der Waals surface area contributed by atoms with Gasteiger partial charge in [-0.1, -0.05) is 23.7 Å². The van der Waals surface area contributed by atoms with Gasteiger partial charge >= 0.3 is 0 Å². The van der Waals surface area contributed by atoms with Crippen molar-refractivity contribution in [2.24, 2.45) is 0 Å². The van der Waals surface area contributed by atoms with E-state index in [9.17, 15) is 0 Å². The first-order valence-corrected chi connectivity index (χ1v) is 7.88. The number of aryl methyl sites for hydroxylation is 2. The van der Waals surface area contributed by atoms with Crippen LogP contribution >= 0.6 is 43.5 Å². The van der Waals surface area contributed by atoms with Crippen molar-refractivity contribution < 1.29 is 0 Å². The quantitative estimate of drug-likeness (QED) is 0.653. The lowest BCUT2D eigenvalue weighted by atomic mass is 10.1. The minimum atomic E-state index is 0.735. The van der Waals surface area contributed by atoms with Gasteiger partial charge in [0.25, 0.3) is 0 Å². The number of nitrogens with one attached hydrogen (secondary N) is 1. The third kappa shape index (κ3) is 3.74. The third-order valence-electron chi connectivity index (χ3n) is 2.89.